The molecule has 4 atom stereocenters. The molecule has 13 heteroatoms. The number of carbonyl (C=O) groups is 2. The molecule has 4 unspecified atom stereocenters. The summed E-state index contributed by atoms with van der Waals surface area (Å²) in [6.45, 7) is 6.28. The number of carbonyl (C=O) groups excluding carboxylic acids is 2. The summed E-state index contributed by atoms with van der Waals surface area (Å²) in [6.07, 6.45) is 0.458. The predicted octanol–water partition coefficient (Wildman–Crippen LogP) is 6.16. The lowest BCUT2D eigenvalue weighted by atomic mass is 9.99. The largest absolute Gasteiger partial charge is 0.459 e. The van der Waals surface area contributed by atoms with Crippen LogP contribution in [0.3, 0.4) is 0 Å². The highest BCUT2D eigenvalue weighted by atomic mass is 19.2. The van der Waals surface area contributed by atoms with E-state index in [-0.39, 0.29) is 31.3 Å². The molecular formula is C35H37F5N2O6. The van der Waals surface area contributed by atoms with Crippen LogP contribution in [0.4, 0.5) is 22.0 Å². The van der Waals surface area contributed by atoms with Crippen LogP contribution in [0, 0.1) is 29.1 Å². The lowest BCUT2D eigenvalue weighted by Crippen LogP contribution is -2.45. The smallest absolute Gasteiger partial charge is 0.323 e. The summed E-state index contributed by atoms with van der Waals surface area (Å²) in [4.78, 5) is 27.4. The van der Waals surface area contributed by atoms with Crippen molar-refractivity contribution in [3.8, 4) is 0 Å². The number of halogens is 5. The molecule has 2 heterocycles. The van der Waals surface area contributed by atoms with Gasteiger partial charge in [-0.25, -0.2) is 22.0 Å². The van der Waals surface area contributed by atoms with Crippen LogP contribution in [0.1, 0.15) is 85.0 Å². The third-order valence-corrected chi connectivity index (χ3v) is 8.24. The van der Waals surface area contributed by atoms with Gasteiger partial charge in [0, 0.05) is 25.1 Å². The molecule has 2 fully saturated rings. The Kier molecular flexibility index (Phi) is 10.8. The van der Waals surface area contributed by atoms with E-state index in [4.69, 9.17) is 14.2 Å². The zero-order valence-corrected chi connectivity index (χ0v) is 26.7. The summed E-state index contributed by atoms with van der Waals surface area (Å²) < 4.78 is 87.1. The van der Waals surface area contributed by atoms with Gasteiger partial charge in [0.1, 0.15) is 17.2 Å². The van der Waals surface area contributed by atoms with Gasteiger partial charge in [-0.3, -0.25) is 14.5 Å². The van der Waals surface area contributed by atoms with E-state index in [1.54, 1.807) is 24.3 Å². The van der Waals surface area contributed by atoms with E-state index < -0.39 is 58.5 Å². The number of benzene rings is 3. The lowest BCUT2D eigenvalue weighted by Gasteiger charge is -2.38. The van der Waals surface area contributed by atoms with Crippen molar-refractivity contribution in [3.63, 3.8) is 0 Å². The number of ether oxygens (including phenoxy) is 3. The summed E-state index contributed by atoms with van der Waals surface area (Å²) >= 11 is 0. The number of aliphatic hydroxyl groups is 1. The van der Waals surface area contributed by atoms with Gasteiger partial charge in [-0.1, -0.05) is 48.5 Å². The van der Waals surface area contributed by atoms with Crippen LogP contribution in [0.15, 0.2) is 48.5 Å². The molecule has 3 aromatic rings. The van der Waals surface area contributed by atoms with Crippen molar-refractivity contribution < 1.29 is 50.9 Å². The third kappa shape index (κ3) is 8.03. The number of esters is 1. The number of hydrogen-bond donors (Lipinski definition) is 2. The minimum absolute atomic E-state index is 0.102. The molecule has 2 saturated heterocycles. The van der Waals surface area contributed by atoms with Crippen LogP contribution in [-0.4, -0.2) is 52.7 Å². The first-order chi connectivity index (χ1) is 22.8. The molecule has 48 heavy (non-hydrogen) atoms. The maximum Gasteiger partial charge on any atom is 0.323 e. The van der Waals surface area contributed by atoms with Crippen molar-refractivity contribution in [2.24, 2.45) is 0 Å². The fraction of sp³-hybridized carbons (Fsp3) is 0.429. The van der Waals surface area contributed by atoms with Crippen LogP contribution < -0.4 is 5.32 Å². The second-order valence-electron chi connectivity index (χ2n) is 12.9. The van der Waals surface area contributed by atoms with Gasteiger partial charge in [0.15, 0.2) is 29.6 Å². The van der Waals surface area contributed by atoms with Gasteiger partial charge >= 0.3 is 5.97 Å². The Labute approximate surface area is 274 Å². The molecule has 1 amide bonds. The Morgan fingerprint density at radius 2 is 1.46 bits per heavy atom. The number of rotatable bonds is 9. The van der Waals surface area contributed by atoms with Gasteiger partial charge in [0.2, 0.25) is 5.82 Å². The Hall–Kier alpha value is -3.91. The standard InChI is InChI=1S/C35H37F5N2O6/c1-35(2,3)48-33(45)24-5-4-14-42(24)17-23-15-25(21-10-8-20(18-43)9-11-21)47-34(46-23)22-12-6-19(7-13-22)16-41-32(44)26-27(36)29(38)31(40)30(39)28(26)37/h6-13,23-25,34,43H,4-5,14-18H2,1-3H3,(H,41,44). The normalized spacial score (nSPS) is 21.7. The Morgan fingerprint density at radius 1 is 0.875 bits per heavy atom. The Bertz CT molecular complexity index is 1600. The number of nitrogens with one attached hydrogen (secondary N) is 1. The maximum absolute atomic E-state index is 14.1. The molecule has 0 bridgehead atoms. The minimum Gasteiger partial charge on any atom is -0.459 e. The molecule has 258 valence electrons. The molecule has 3 aromatic carbocycles. The predicted molar refractivity (Wildman–Crippen MR) is 163 cm³/mol. The number of hydrogen-bond acceptors (Lipinski definition) is 7. The van der Waals surface area contributed by atoms with Crippen molar-refractivity contribution in [2.75, 3.05) is 13.1 Å². The van der Waals surface area contributed by atoms with E-state index in [1.165, 1.54) is 0 Å². The molecule has 5 rings (SSSR count). The number of likely N-dealkylation sites (tertiary alicyclic amines) is 1. The molecule has 8 nitrogen and oxygen atoms in total. The quantitative estimate of drug-likeness (QED) is 0.121. The van der Waals surface area contributed by atoms with Gasteiger partial charge in [-0.2, -0.15) is 0 Å². The van der Waals surface area contributed by atoms with Crippen molar-refractivity contribution >= 4 is 11.9 Å². The number of aliphatic hydroxyl groups excluding tert-OH is 1. The van der Waals surface area contributed by atoms with Crippen LogP contribution in [-0.2, 0) is 32.2 Å². The minimum atomic E-state index is -2.35. The highest BCUT2D eigenvalue weighted by Gasteiger charge is 2.39. The van der Waals surface area contributed by atoms with Gasteiger partial charge in [0.25, 0.3) is 5.91 Å². The van der Waals surface area contributed by atoms with Crippen molar-refractivity contribution in [1.82, 2.24) is 10.2 Å². The monoisotopic (exact) mass is 676 g/mol. The van der Waals surface area contributed by atoms with E-state index in [2.05, 4.69) is 10.2 Å². The van der Waals surface area contributed by atoms with Gasteiger partial charge < -0.3 is 24.6 Å². The number of nitrogens with zero attached hydrogens (tertiary/aromatic N) is 1. The molecular weight excluding hydrogens is 639 g/mol. The van der Waals surface area contributed by atoms with Crippen LogP contribution in [0.2, 0.25) is 0 Å². The van der Waals surface area contributed by atoms with E-state index in [0.717, 1.165) is 17.5 Å². The van der Waals surface area contributed by atoms with Crippen molar-refractivity contribution in [1.29, 1.82) is 0 Å². The third-order valence-electron chi connectivity index (χ3n) is 8.24. The summed E-state index contributed by atoms with van der Waals surface area (Å²) in [5, 5.41) is 11.7. The van der Waals surface area contributed by atoms with E-state index >= 15 is 0 Å². The zero-order chi connectivity index (χ0) is 34.7. The average molecular weight is 677 g/mol. The SMILES string of the molecule is CC(C)(C)OC(=O)C1CCCN1CC1CC(c2ccc(CO)cc2)OC(c2ccc(CNC(=O)c3c(F)c(F)c(F)c(F)c3F)cc2)O1. The fourth-order valence-corrected chi connectivity index (χ4v) is 5.84. The first kappa shape index (κ1) is 35.4. The highest BCUT2D eigenvalue weighted by molar-refractivity contribution is 5.94. The van der Waals surface area contributed by atoms with E-state index in [9.17, 15) is 36.6 Å². The first-order valence-electron chi connectivity index (χ1n) is 15.6. The summed E-state index contributed by atoms with van der Waals surface area (Å²) in [5.74, 6) is -12.9. The molecule has 2 aliphatic rings. The molecule has 2 aliphatic heterocycles. The van der Waals surface area contributed by atoms with E-state index in [1.807, 2.05) is 45.0 Å². The second-order valence-corrected chi connectivity index (χ2v) is 12.9. The summed E-state index contributed by atoms with van der Waals surface area (Å²) in [6, 6.07) is 13.6. The van der Waals surface area contributed by atoms with E-state index in [0.29, 0.717) is 37.1 Å². The molecule has 0 aromatic heterocycles. The van der Waals surface area contributed by atoms with Crippen molar-refractivity contribution in [3.05, 3.63) is 105 Å². The summed E-state index contributed by atoms with van der Waals surface area (Å²) in [5.41, 5.74) is 0.536. The highest BCUT2D eigenvalue weighted by Crippen LogP contribution is 2.39. The van der Waals surface area contributed by atoms with Crippen LogP contribution >= 0.6 is 0 Å². The Morgan fingerprint density at radius 3 is 2.06 bits per heavy atom. The van der Waals surface area contributed by atoms with Gasteiger partial charge in [0.05, 0.1) is 18.8 Å². The van der Waals surface area contributed by atoms with Gasteiger partial charge in [-0.05, 0) is 56.8 Å². The molecule has 0 radical (unpaired) electrons. The maximum atomic E-state index is 14.1. The van der Waals surface area contributed by atoms with Crippen molar-refractivity contribution in [2.45, 2.75) is 83.3 Å². The number of amides is 1. The molecule has 0 aliphatic carbocycles. The Balaban J connectivity index is 1.30. The molecule has 0 saturated carbocycles. The van der Waals surface area contributed by atoms with Crippen LogP contribution in [0.25, 0.3) is 0 Å². The average Bonchev–Trinajstić information content (AvgIpc) is 3.53. The molecule has 0 spiro atoms. The fourth-order valence-electron chi connectivity index (χ4n) is 5.84. The molecule has 2 N–H and O–H groups in total. The first-order valence-corrected chi connectivity index (χ1v) is 15.6. The lowest BCUT2D eigenvalue weighted by molar-refractivity contribution is -0.253. The van der Waals surface area contributed by atoms with Crippen LogP contribution in [0.5, 0.6) is 0 Å². The second kappa shape index (κ2) is 14.7. The summed E-state index contributed by atoms with van der Waals surface area (Å²) in [7, 11) is 0. The topological polar surface area (TPSA) is 97.3 Å². The van der Waals surface area contributed by atoms with Gasteiger partial charge in [-0.15, -0.1) is 0 Å². The zero-order valence-electron chi connectivity index (χ0n) is 26.7.